The minimum atomic E-state index is -4.48. The van der Waals surface area contributed by atoms with Crippen LogP contribution in [0.3, 0.4) is 0 Å². The number of benzene rings is 2. The van der Waals surface area contributed by atoms with E-state index in [0.29, 0.717) is 17.0 Å². The van der Waals surface area contributed by atoms with Gasteiger partial charge in [0.05, 0.1) is 31.2 Å². The second-order valence-corrected chi connectivity index (χ2v) is 11.9. The van der Waals surface area contributed by atoms with E-state index in [0.717, 1.165) is 44.2 Å². The Morgan fingerprint density at radius 1 is 1.07 bits per heavy atom. The van der Waals surface area contributed by atoms with Crippen LogP contribution in [-0.4, -0.2) is 71.6 Å². The molecule has 240 valence electrons. The van der Waals surface area contributed by atoms with Crippen molar-refractivity contribution in [3.05, 3.63) is 53.6 Å². The molecule has 0 unspecified atom stereocenters. The fraction of sp³-hybridized carbons (Fsp3) is 0.531. The van der Waals surface area contributed by atoms with Gasteiger partial charge < -0.3 is 30.3 Å². The van der Waals surface area contributed by atoms with E-state index in [-0.39, 0.29) is 55.5 Å². The second-order valence-electron chi connectivity index (χ2n) is 11.9. The van der Waals surface area contributed by atoms with Crippen molar-refractivity contribution < 1.29 is 37.4 Å². The van der Waals surface area contributed by atoms with Crippen molar-refractivity contribution in [1.29, 1.82) is 0 Å². The standard InChI is InChI=1S/C32H41F3N4O5/c1-20-17-39(21(2)19-40)29(41)16-23-15-26(36-30(42)22-7-5-4-6-8-22)13-14-27(23)44-28(20)18-38(3)31(43)37-25-11-9-24(10-12-25)32(33,34)35/h9-15,20-22,28,40H,4-8,16-19H2,1-3H3,(H,36,42)(H,37,43)/t20-,21+,28-/m0/s1. The zero-order valence-electron chi connectivity index (χ0n) is 25.3. The molecule has 4 rings (SSSR count). The summed E-state index contributed by atoms with van der Waals surface area (Å²) >= 11 is 0. The average molecular weight is 619 g/mol. The molecule has 2 aliphatic rings. The Kier molecular flexibility index (Phi) is 10.8. The van der Waals surface area contributed by atoms with Crippen molar-refractivity contribution in [2.75, 3.05) is 37.4 Å². The first-order valence-electron chi connectivity index (χ1n) is 15.1. The summed E-state index contributed by atoms with van der Waals surface area (Å²) in [5, 5.41) is 15.5. The molecule has 1 heterocycles. The number of aliphatic hydroxyl groups excluding tert-OH is 1. The van der Waals surface area contributed by atoms with E-state index in [1.54, 1.807) is 37.1 Å². The smallest absolute Gasteiger partial charge is 0.416 e. The van der Waals surface area contributed by atoms with E-state index < -0.39 is 29.9 Å². The Bertz CT molecular complexity index is 1310. The minimum Gasteiger partial charge on any atom is -0.488 e. The molecule has 1 aliphatic heterocycles. The van der Waals surface area contributed by atoms with Gasteiger partial charge in [-0.3, -0.25) is 9.59 Å². The van der Waals surface area contributed by atoms with Crippen LogP contribution >= 0.6 is 0 Å². The van der Waals surface area contributed by atoms with E-state index in [1.165, 1.54) is 17.0 Å². The molecule has 0 bridgehead atoms. The van der Waals surface area contributed by atoms with E-state index in [9.17, 15) is 32.7 Å². The van der Waals surface area contributed by atoms with Gasteiger partial charge in [0.25, 0.3) is 0 Å². The third-order valence-electron chi connectivity index (χ3n) is 8.42. The van der Waals surface area contributed by atoms with Gasteiger partial charge in [-0.05, 0) is 62.2 Å². The zero-order valence-corrected chi connectivity index (χ0v) is 25.3. The number of alkyl halides is 3. The van der Waals surface area contributed by atoms with Gasteiger partial charge >= 0.3 is 12.2 Å². The Balaban J connectivity index is 1.53. The quantitative estimate of drug-likeness (QED) is 0.378. The number of amides is 4. The van der Waals surface area contributed by atoms with Crippen molar-refractivity contribution in [3.8, 4) is 5.75 Å². The number of hydrogen-bond acceptors (Lipinski definition) is 5. The van der Waals surface area contributed by atoms with Crippen LogP contribution in [0.15, 0.2) is 42.5 Å². The van der Waals surface area contributed by atoms with Crippen LogP contribution in [0.4, 0.5) is 29.3 Å². The maximum Gasteiger partial charge on any atom is 0.416 e. The molecule has 0 radical (unpaired) electrons. The summed E-state index contributed by atoms with van der Waals surface area (Å²) in [6.45, 7) is 3.77. The lowest BCUT2D eigenvalue weighted by molar-refractivity contribution is -0.137. The Morgan fingerprint density at radius 3 is 2.36 bits per heavy atom. The molecule has 44 heavy (non-hydrogen) atoms. The predicted molar refractivity (Wildman–Crippen MR) is 160 cm³/mol. The van der Waals surface area contributed by atoms with E-state index >= 15 is 0 Å². The minimum absolute atomic E-state index is 0.00347. The third-order valence-corrected chi connectivity index (χ3v) is 8.42. The highest BCUT2D eigenvalue weighted by Gasteiger charge is 2.33. The highest BCUT2D eigenvalue weighted by molar-refractivity contribution is 5.93. The van der Waals surface area contributed by atoms with Gasteiger partial charge in [-0.2, -0.15) is 13.2 Å². The van der Waals surface area contributed by atoms with Crippen LogP contribution in [0, 0.1) is 11.8 Å². The van der Waals surface area contributed by atoms with Gasteiger partial charge in [0.2, 0.25) is 11.8 Å². The number of carbonyl (C=O) groups is 3. The first kappa shape index (κ1) is 33.1. The third kappa shape index (κ3) is 8.43. The Hall–Kier alpha value is -3.80. The summed E-state index contributed by atoms with van der Waals surface area (Å²) in [7, 11) is 1.55. The van der Waals surface area contributed by atoms with Gasteiger partial charge in [-0.1, -0.05) is 26.2 Å². The average Bonchev–Trinajstić information content (AvgIpc) is 3.04. The predicted octanol–water partition coefficient (Wildman–Crippen LogP) is 5.54. The second kappa shape index (κ2) is 14.3. The summed E-state index contributed by atoms with van der Waals surface area (Å²) in [6, 6.07) is 8.36. The van der Waals surface area contributed by atoms with Gasteiger partial charge in [0, 0.05) is 42.4 Å². The number of hydrogen-bond donors (Lipinski definition) is 3. The lowest BCUT2D eigenvalue weighted by Crippen LogP contribution is -2.48. The number of urea groups is 1. The molecule has 12 heteroatoms. The van der Waals surface area contributed by atoms with Crippen LogP contribution in [0.1, 0.15) is 57.1 Å². The van der Waals surface area contributed by atoms with Crippen LogP contribution in [0.2, 0.25) is 0 Å². The number of fused-ring (bicyclic) bond motifs is 1. The molecule has 1 saturated carbocycles. The molecule has 1 aliphatic carbocycles. The maximum atomic E-state index is 13.5. The number of nitrogens with zero attached hydrogens (tertiary/aromatic N) is 2. The summed E-state index contributed by atoms with van der Waals surface area (Å²) in [6.07, 6.45) is -0.173. The van der Waals surface area contributed by atoms with Crippen LogP contribution in [-0.2, 0) is 22.2 Å². The summed E-state index contributed by atoms with van der Waals surface area (Å²) < 4.78 is 45.2. The van der Waals surface area contributed by atoms with Crippen molar-refractivity contribution >= 4 is 29.2 Å². The number of carbonyl (C=O) groups excluding carboxylic acids is 3. The fourth-order valence-corrected chi connectivity index (χ4v) is 5.65. The number of ether oxygens (including phenoxy) is 1. The first-order chi connectivity index (χ1) is 20.8. The lowest BCUT2D eigenvalue weighted by Gasteiger charge is -2.34. The molecule has 0 saturated heterocycles. The topological polar surface area (TPSA) is 111 Å². The van der Waals surface area contributed by atoms with Crippen molar-refractivity contribution in [2.24, 2.45) is 11.8 Å². The van der Waals surface area contributed by atoms with Crippen LogP contribution in [0.5, 0.6) is 5.75 Å². The fourth-order valence-electron chi connectivity index (χ4n) is 5.65. The van der Waals surface area contributed by atoms with Crippen molar-refractivity contribution in [3.63, 3.8) is 0 Å². The number of nitrogens with one attached hydrogen (secondary N) is 2. The summed E-state index contributed by atoms with van der Waals surface area (Å²) in [5.41, 5.74) is 0.528. The summed E-state index contributed by atoms with van der Waals surface area (Å²) in [4.78, 5) is 42.3. The van der Waals surface area contributed by atoms with Crippen molar-refractivity contribution in [1.82, 2.24) is 9.80 Å². The van der Waals surface area contributed by atoms with Gasteiger partial charge in [0.1, 0.15) is 11.9 Å². The number of halogens is 3. The molecule has 3 N–H and O–H groups in total. The first-order valence-corrected chi connectivity index (χ1v) is 15.1. The molecule has 3 atom stereocenters. The number of rotatable bonds is 7. The Labute approximate surface area is 255 Å². The number of aliphatic hydroxyl groups is 1. The zero-order chi connectivity index (χ0) is 32.0. The molecular weight excluding hydrogens is 577 g/mol. The number of anilines is 2. The molecule has 1 fully saturated rings. The molecule has 9 nitrogen and oxygen atoms in total. The largest absolute Gasteiger partial charge is 0.488 e. The van der Waals surface area contributed by atoms with E-state index in [4.69, 9.17) is 4.74 Å². The Morgan fingerprint density at radius 2 is 1.73 bits per heavy atom. The normalized spacial score (nSPS) is 20.3. The van der Waals surface area contributed by atoms with Gasteiger partial charge in [-0.15, -0.1) is 0 Å². The molecule has 0 aromatic heterocycles. The molecule has 2 aromatic rings. The molecular formula is C32H41F3N4O5. The molecule has 0 spiro atoms. The SMILES string of the molecule is C[C@H](CO)N1C[C@H](C)[C@H](CN(C)C(=O)Nc2ccc(C(F)(F)F)cc2)Oc2ccc(NC(=O)C3CCCCC3)cc2CC1=O. The van der Waals surface area contributed by atoms with Crippen LogP contribution in [0.25, 0.3) is 0 Å². The van der Waals surface area contributed by atoms with Crippen molar-refractivity contribution in [2.45, 2.75) is 70.7 Å². The van der Waals surface area contributed by atoms with E-state index in [1.807, 2.05) is 6.92 Å². The summed E-state index contributed by atoms with van der Waals surface area (Å²) in [5.74, 6) is -0.107. The highest BCUT2D eigenvalue weighted by Crippen LogP contribution is 2.32. The van der Waals surface area contributed by atoms with E-state index in [2.05, 4.69) is 10.6 Å². The molecule has 4 amide bonds. The highest BCUT2D eigenvalue weighted by atomic mass is 19.4. The number of likely N-dealkylation sites (N-methyl/N-ethyl adjacent to an activating group) is 1. The lowest BCUT2D eigenvalue weighted by atomic mass is 9.88. The monoisotopic (exact) mass is 618 g/mol. The van der Waals surface area contributed by atoms with Crippen LogP contribution < -0.4 is 15.4 Å². The maximum absolute atomic E-state index is 13.5. The molecule has 2 aromatic carbocycles. The van der Waals surface area contributed by atoms with Gasteiger partial charge in [0.15, 0.2) is 0 Å². The van der Waals surface area contributed by atoms with Gasteiger partial charge in [-0.25, -0.2) is 4.79 Å².